The molecule has 1 aliphatic heterocycles. The number of hydrogen-bond acceptors (Lipinski definition) is 6. The van der Waals surface area contributed by atoms with Crippen molar-refractivity contribution in [3.05, 3.63) is 42.2 Å². The van der Waals surface area contributed by atoms with Crippen molar-refractivity contribution in [1.29, 1.82) is 0 Å². The third kappa shape index (κ3) is 4.11. The highest BCUT2D eigenvalue weighted by molar-refractivity contribution is 5.78. The Kier molecular flexibility index (Phi) is 5.68. The number of anilines is 1. The van der Waals surface area contributed by atoms with E-state index in [2.05, 4.69) is 14.9 Å². The summed E-state index contributed by atoms with van der Waals surface area (Å²) in [5, 5.41) is 0. The molecule has 3 rings (SSSR count). The smallest absolute Gasteiger partial charge is 0.248 e. The Morgan fingerprint density at radius 3 is 2.81 bits per heavy atom. The summed E-state index contributed by atoms with van der Waals surface area (Å²) in [4.78, 5) is 24.7. The monoisotopic (exact) mass is 356 g/mol. The number of hydrogen-bond donors (Lipinski definition) is 0. The van der Waals surface area contributed by atoms with Crippen LogP contribution in [0, 0.1) is 6.92 Å². The number of carbonyl (C=O) groups excluding carboxylic acids is 1. The van der Waals surface area contributed by atoms with E-state index in [9.17, 15) is 4.79 Å². The third-order valence-electron chi connectivity index (χ3n) is 4.48. The fraction of sp³-hybridized carbons (Fsp3) is 0.421. The van der Waals surface area contributed by atoms with Crippen molar-refractivity contribution in [1.82, 2.24) is 14.9 Å². The van der Waals surface area contributed by atoms with E-state index < -0.39 is 0 Å². The van der Waals surface area contributed by atoms with Crippen molar-refractivity contribution >= 4 is 11.7 Å². The molecule has 0 radical (unpaired) electrons. The first-order valence-corrected chi connectivity index (χ1v) is 8.67. The molecule has 0 saturated carbocycles. The summed E-state index contributed by atoms with van der Waals surface area (Å²) in [5.41, 5.74) is 1.05. The van der Waals surface area contributed by atoms with Gasteiger partial charge in [-0.05, 0) is 25.5 Å². The van der Waals surface area contributed by atoms with Gasteiger partial charge in [0.05, 0.1) is 0 Å². The van der Waals surface area contributed by atoms with Gasteiger partial charge in [0.15, 0.2) is 0 Å². The maximum Gasteiger partial charge on any atom is 0.248 e. The molecule has 138 valence electrons. The van der Waals surface area contributed by atoms with Crippen LogP contribution in [0.25, 0.3) is 0 Å². The van der Waals surface area contributed by atoms with Crippen LogP contribution in [0.3, 0.4) is 0 Å². The number of methoxy groups -OCH3 is 1. The molecule has 2 heterocycles. The van der Waals surface area contributed by atoms with Crippen LogP contribution in [0.15, 0.2) is 36.7 Å². The molecule has 1 aromatic heterocycles. The highest BCUT2D eigenvalue weighted by Gasteiger charge is 2.28. The van der Waals surface area contributed by atoms with E-state index in [1.165, 1.54) is 13.4 Å². The molecule has 1 atom stereocenters. The number of nitrogens with zero attached hydrogens (tertiary/aromatic N) is 4. The molecule has 0 aliphatic carbocycles. The van der Waals surface area contributed by atoms with E-state index in [4.69, 9.17) is 9.47 Å². The molecule has 0 N–H and O–H groups in total. The summed E-state index contributed by atoms with van der Waals surface area (Å²) >= 11 is 0. The first kappa shape index (κ1) is 18.1. The third-order valence-corrected chi connectivity index (χ3v) is 4.48. The number of amides is 1. The van der Waals surface area contributed by atoms with Gasteiger partial charge in [-0.3, -0.25) is 4.79 Å². The summed E-state index contributed by atoms with van der Waals surface area (Å²) in [7, 11) is 1.54. The first-order valence-electron chi connectivity index (χ1n) is 8.67. The van der Waals surface area contributed by atoms with Crippen molar-refractivity contribution < 1.29 is 14.3 Å². The van der Waals surface area contributed by atoms with Crippen LogP contribution in [0.4, 0.5) is 5.82 Å². The van der Waals surface area contributed by atoms with Gasteiger partial charge in [-0.1, -0.05) is 18.2 Å². The van der Waals surface area contributed by atoms with Gasteiger partial charge in [-0.15, -0.1) is 0 Å². The number of rotatable bonds is 5. The van der Waals surface area contributed by atoms with E-state index in [1.807, 2.05) is 49.1 Å². The van der Waals surface area contributed by atoms with E-state index >= 15 is 0 Å². The van der Waals surface area contributed by atoms with Crippen molar-refractivity contribution in [2.75, 3.05) is 38.3 Å². The van der Waals surface area contributed by atoms with Crippen molar-refractivity contribution in [3.8, 4) is 11.6 Å². The second-order valence-electron chi connectivity index (χ2n) is 6.40. The number of aryl methyl sites for hydroxylation is 1. The Labute approximate surface area is 153 Å². The number of benzene rings is 1. The predicted octanol–water partition coefficient (Wildman–Crippen LogP) is 2.26. The van der Waals surface area contributed by atoms with Gasteiger partial charge < -0.3 is 19.3 Å². The fourth-order valence-corrected chi connectivity index (χ4v) is 3.08. The maximum atomic E-state index is 12.1. The van der Waals surface area contributed by atoms with Crippen LogP contribution in [0.5, 0.6) is 11.6 Å². The Morgan fingerprint density at radius 2 is 2.08 bits per heavy atom. The van der Waals surface area contributed by atoms with Crippen LogP contribution in [0.2, 0.25) is 0 Å². The molecule has 1 unspecified atom stereocenters. The van der Waals surface area contributed by atoms with Crippen LogP contribution >= 0.6 is 0 Å². The topological polar surface area (TPSA) is 67.8 Å². The minimum Gasteiger partial charge on any atom is -0.439 e. The van der Waals surface area contributed by atoms with Crippen LogP contribution in [-0.2, 0) is 9.53 Å². The Bertz CT molecular complexity index is 768. The summed E-state index contributed by atoms with van der Waals surface area (Å²) < 4.78 is 10.9. The normalized spacial score (nSPS) is 17.3. The molecule has 1 aromatic carbocycles. The van der Waals surface area contributed by atoms with Gasteiger partial charge >= 0.3 is 0 Å². The molecule has 7 nitrogen and oxygen atoms in total. The highest BCUT2D eigenvalue weighted by Crippen LogP contribution is 2.26. The maximum absolute atomic E-state index is 12.1. The fourth-order valence-electron chi connectivity index (χ4n) is 3.08. The molecule has 7 heteroatoms. The number of piperazine rings is 1. The average molecular weight is 356 g/mol. The summed E-state index contributed by atoms with van der Waals surface area (Å²) in [5.74, 6) is 2.11. The van der Waals surface area contributed by atoms with Gasteiger partial charge in [0.25, 0.3) is 0 Å². The average Bonchev–Trinajstić information content (AvgIpc) is 2.64. The number of carbonyl (C=O) groups is 1. The lowest BCUT2D eigenvalue weighted by atomic mass is 10.2. The Morgan fingerprint density at radius 1 is 1.27 bits per heavy atom. The lowest BCUT2D eigenvalue weighted by molar-refractivity contribution is -0.137. The standard InChI is InChI=1S/C19H24N4O3/c1-14-6-4-5-7-16(14)26-18-10-17(20-13-21-18)22-8-9-23(15(2)11-22)19(24)12-25-3/h4-7,10,13,15H,8-9,11-12H2,1-3H3. The van der Waals surface area contributed by atoms with E-state index in [-0.39, 0.29) is 18.6 Å². The zero-order valence-corrected chi connectivity index (χ0v) is 15.4. The molecule has 26 heavy (non-hydrogen) atoms. The minimum atomic E-state index is 0.0194. The zero-order valence-electron chi connectivity index (χ0n) is 15.4. The van der Waals surface area contributed by atoms with Crippen molar-refractivity contribution in [2.24, 2.45) is 0 Å². The van der Waals surface area contributed by atoms with Crippen molar-refractivity contribution in [2.45, 2.75) is 19.9 Å². The Hall–Kier alpha value is -2.67. The molecule has 1 aliphatic rings. The van der Waals surface area contributed by atoms with E-state index in [0.29, 0.717) is 25.5 Å². The number of para-hydroxylation sites is 1. The van der Waals surface area contributed by atoms with Gasteiger partial charge in [0.1, 0.15) is 24.5 Å². The van der Waals surface area contributed by atoms with Gasteiger partial charge in [-0.2, -0.15) is 0 Å². The van der Waals surface area contributed by atoms with Gasteiger partial charge in [0.2, 0.25) is 11.8 Å². The molecule has 0 bridgehead atoms. The lowest BCUT2D eigenvalue weighted by Crippen LogP contribution is -2.55. The predicted molar refractivity (Wildman–Crippen MR) is 98.5 cm³/mol. The van der Waals surface area contributed by atoms with Crippen LogP contribution in [0.1, 0.15) is 12.5 Å². The summed E-state index contributed by atoms with van der Waals surface area (Å²) in [6.07, 6.45) is 1.51. The molecule has 0 spiro atoms. The van der Waals surface area contributed by atoms with Crippen molar-refractivity contribution in [3.63, 3.8) is 0 Å². The molecule has 1 saturated heterocycles. The number of aromatic nitrogens is 2. The summed E-state index contributed by atoms with van der Waals surface area (Å²) in [6, 6.07) is 9.74. The zero-order chi connectivity index (χ0) is 18.5. The van der Waals surface area contributed by atoms with E-state index in [1.54, 1.807) is 0 Å². The molecular formula is C19H24N4O3. The minimum absolute atomic E-state index is 0.0194. The number of ether oxygens (including phenoxy) is 2. The van der Waals surface area contributed by atoms with Gasteiger partial charge in [-0.25, -0.2) is 9.97 Å². The first-order chi connectivity index (χ1) is 12.6. The SMILES string of the molecule is COCC(=O)N1CCN(c2cc(Oc3ccccc3C)ncn2)CC1C. The summed E-state index contributed by atoms with van der Waals surface area (Å²) in [6.45, 7) is 6.20. The van der Waals surface area contributed by atoms with E-state index in [0.717, 1.165) is 17.1 Å². The lowest BCUT2D eigenvalue weighted by Gasteiger charge is -2.40. The van der Waals surface area contributed by atoms with Crippen LogP contribution < -0.4 is 9.64 Å². The van der Waals surface area contributed by atoms with Gasteiger partial charge in [0, 0.05) is 38.9 Å². The molecule has 1 fully saturated rings. The quantitative estimate of drug-likeness (QED) is 0.819. The molecule has 2 aromatic rings. The molecular weight excluding hydrogens is 332 g/mol. The van der Waals surface area contributed by atoms with Crippen LogP contribution in [-0.4, -0.2) is 60.2 Å². The second kappa shape index (κ2) is 8.14. The highest BCUT2D eigenvalue weighted by atomic mass is 16.5. The second-order valence-corrected chi connectivity index (χ2v) is 6.40. The molecule has 1 amide bonds. The Balaban J connectivity index is 1.69. The largest absolute Gasteiger partial charge is 0.439 e.